The number of para-hydroxylation sites is 1. The normalized spacial score (nSPS) is 20.5. The first-order valence-electron chi connectivity index (χ1n) is 10.1. The molecule has 2 heterocycles. The summed E-state index contributed by atoms with van der Waals surface area (Å²) in [6, 6.07) is 9.35. The van der Waals surface area contributed by atoms with Gasteiger partial charge in [-0.2, -0.15) is 0 Å². The summed E-state index contributed by atoms with van der Waals surface area (Å²) in [6.07, 6.45) is 4.25. The number of hydrogen-bond donors (Lipinski definition) is 1. The molecule has 2 aliphatic heterocycles. The lowest BCUT2D eigenvalue weighted by atomic mass is 9.97. The van der Waals surface area contributed by atoms with Crippen LogP contribution in [0.1, 0.15) is 39.0 Å². The molecule has 1 aromatic rings. The maximum atomic E-state index is 12.3. The molecule has 0 aliphatic carbocycles. The molecule has 0 radical (unpaired) electrons. The van der Waals surface area contributed by atoms with Gasteiger partial charge in [0.15, 0.2) is 6.61 Å². The van der Waals surface area contributed by atoms with Crippen molar-refractivity contribution in [2.24, 2.45) is 5.92 Å². The topological polar surface area (TPSA) is 79.0 Å². The van der Waals surface area contributed by atoms with Crippen LogP contribution in [0.5, 0.6) is 0 Å². The van der Waals surface area contributed by atoms with E-state index >= 15 is 0 Å². The van der Waals surface area contributed by atoms with Crippen molar-refractivity contribution in [1.29, 1.82) is 0 Å². The van der Waals surface area contributed by atoms with Gasteiger partial charge >= 0.3 is 12.0 Å². The number of ether oxygens (including phenoxy) is 1. The van der Waals surface area contributed by atoms with Crippen LogP contribution in [0.3, 0.4) is 0 Å². The van der Waals surface area contributed by atoms with Gasteiger partial charge in [0, 0.05) is 31.4 Å². The van der Waals surface area contributed by atoms with E-state index < -0.39 is 0 Å². The molecule has 0 spiro atoms. The van der Waals surface area contributed by atoms with Crippen LogP contribution in [0.15, 0.2) is 30.3 Å². The zero-order valence-electron chi connectivity index (χ0n) is 16.4. The van der Waals surface area contributed by atoms with Crippen molar-refractivity contribution >= 4 is 23.6 Å². The van der Waals surface area contributed by atoms with E-state index in [4.69, 9.17) is 4.74 Å². The smallest absolute Gasteiger partial charge is 0.321 e. The molecular formula is C21H29N3O4. The van der Waals surface area contributed by atoms with Crippen molar-refractivity contribution in [3.8, 4) is 0 Å². The van der Waals surface area contributed by atoms with Crippen molar-refractivity contribution in [3.63, 3.8) is 0 Å². The Bertz CT molecular complexity index is 686. The number of urea groups is 1. The summed E-state index contributed by atoms with van der Waals surface area (Å²) < 4.78 is 5.29. The highest BCUT2D eigenvalue weighted by molar-refractivity contribution is 5.89. The summed E-state index contributed by atoms with van der Waals surface area (Å²) in [7, 11) is 0. The van der Waals surface area contributed by atoms with Gasteiger partial charge in [-0.1, -0.05) is 18.2 Å². The van der Waals surface area contributed by atoms with Crippen molar-refractivity contribution in [2.45, 2.75) is 45.1 Å². The van der Waals surface area contributed by atoms with Crippen LogP contribution in [-0.4, -0.2) is 60.0 Å². The minimum absolute atomic E-state index is 0.111. The Balaban J connectivity index is 1.40. The highest BCUT2D eigenvalue weighted by Gasteiger charge is 2.30. The summed E-state index contributed by atoms with van der Waals surface area (Å²) in [4.78, 5) is 40.5. The number of carbonyl (C=O) groups excluding carboxylic acids is 3. The fourth-order valence-corrected chi connectivity index (χ4v) is 3.84. The molecule has 1 atom stereocenters. The summed E-state index contributed by atoms with van der Waals surface area (Å²) in [5.41, 5.74) is 0.750. The number of esters is 1. The van der Waals surface area contributed by atoms with Crippen LogP contribution < -0.4 is 5.32 Å². The molecule has 3 amide bonds. The minimum atomic E-state index is -0.332. The highest BCUT2D eigenvalue weighted by Crippen LogP contribution is 2.20. The Morgan fingerprint density at radius 2 is 1.75 bits per heavy atom. The number of rotatable bonds is 4. The first kappa shape index (κ1) is 20.2. The van der Waals surface area contributed by atoms with Crippen LogP contribution in [0.25, 0.3) is 0 Å². The highest BCUT2D eigenvalue weighted by atomic mass is 16.5. The molecular weight excluding hydrogens is 358 g/mol. The molecule has 0 bridgehead atoms. The molecule has 1 aromatic carbocycles. The Hall–Kier alpha value is -2.57. The van der Waals surface area contributed by atoms with E-state index in [1.165, 1.54) is 0 Å². The van der Waals surface area contributed by atoms with Crippen molar-refractivity contribution in [3.05, 3.63) is 30.3 Å². The van der Waals surface area contributed by atoms with E-state index in [1.54, 1.807) is 4.90 Å². The standard InChI is InChI=1S/C21H29N3O4/c1-16-7-5-6-12-24(16)19(25)15-28-20(26)17-10-13-23(14-11-17)21(27)22-18-8-3-2-4-9-18/h2-4,8-9,16-17H,5-7,10-15H2,1H3,(H,22,27). The van der Waals surface area contributed by atoms with Gasteiger partial charge in [-0.15, -0.1) is 0 Å². The summed E-state index contributed by atoms with van der Waals surface area (Å²) >= 11 is 0. The Morgan fingerprint density at radius 1 is 1.04 bits per heavy atom. The molecule has 2 aliphatic rings. The van der Waals surface area contributed by atoms with Crippen LogP contribution in [0.2, 0.25) is 0 Å². The van der Waals surface area contributed by atoms with Gasteiger partial charge in [0.25, 0.3) is 5.91 Å². The Morgan fingerprint density at radius 3 is 2.43 bits per heavy atom. The number of hydrogen-bond acceptors (Lipinski definition) is 4. The van der Waals surface area contributed by atoms with E-state index in [-0.39, 0.29) is 36.5 Å². The third-order valence-electron chi connectivity index (χ3n) is 5.60. The van der Waals surface area contributed by atoms with Crippen molar-refractivity contribution in [1.82, 2.24) is 9.80 Å². The zero-order valence-corrected chi connectivity index (χ0v) is 16.4. The lowest BCUT2D eigenvalue weighted by Gasteiger charge is -2.33. The molecule has 2 saturated heterocycles. The summed E-state index contributed by atoms with van der Waals surface area (Å²) in [5, 5.41) is 2.86. The monoisotopic (exact) mass is 387 g/mol. The maximum absolute atomic E-state index is 12.3. The third kappa shape index (κ3) is 5.24. The van der Waals surface area contributed by atoms with Crippen LogP contribution in [0.4, 0.5) is 10.5 Å². The fraction of sp³-hybridized carbons (Fsp3) is 0.571. The first-order chi connectivity index (χ1) is 13.5. The average molecular weight is 387 g/mol. The molecule has 1 unspecified atom stereocenters. The number of amides is 3. The van der Waals surface area contributed by atoms with Crippen molar-refractivity contribution < 1.29 is 19.1 Å². The number of piperidine rings is 2. The van der Waals surface area contributed by atoms with Gasteiger partial charge in [0.05, 0.1) is 5.92 Å². The second-order valence-corrected chi connectivity index (χ2v) is 7.60. The summed E-state index contributed by atoms with van der Waals surface area (Å²) in [5.74, 6) is -0.700. The molecule has 152 valence electrons. The molecule has 1 N–H and O–H groups in total. The van der Waals surface area contributed by atoms with Crippen LogP contribution in [-0.2, 0) is 14.3 Å². The van der Waals surface area contributed by atoms with Gasteiger partial charge in [-0.25, -0.2) is 4.79 Å². The van der Waals surface area contributed by atoms with E-state index in [0.29, 0.717) is 25.9 Å². The summed E-state index contributed by atoms with van der Waals surface area (Å²) in [6.45, 7) is 3.59. The van der Waals surface area contributed by atoms with Gasteiger partial charge < -0.3 is 19.9 Å². The maximum Gasteiger partial charge on any atom is 0.321 e. The molecule has 0 aromatic heterocycles. The van der Waals surface area contributed by atoms with E-state index in [1.807, 2.05) is 42.2 Å². The number of likely N-dealkylation sites (tertiary alicyclic amines) is 2. The number of anilines is 1. The predicted molar refractivity (Wildman–Crippen MR) is 106 cm³/mol. The average Bonchev–Trinajstić information content (AvgIpc) is 2.73. The quantitative estimate of drug-likeness (QED) is 0.806. The van der Waals surface area contributed by atoms with Crippen LogP contribution >= 0.6 is 0 Å². The van der Waals surface area contributed by atoms with Gasteiger partial charge in [0.1, 0.15) is 0 Å². The Kier molecular flexibility index (Phi) is 6.90. The predicted octanol–water partition coefficient (Wildman–Crippen LogP) is 2.87. The molecule has 0 saturated carbocycles. The van der Waals surface area contributed by atoms with Gasteiger partial charge in [0.2, 0.25) is 0 Å². The lowest BCUT2D eigenvalue weighted by Crippen LogP contribution is -2.45. The zero-order chi connectivity index (χ0) is 19.9. The van der Waals surface area contributed by atoms with Crippen molar-refractivity contribution in [2.75, 3.05) is 31.6 Å². The molecule has 7 heteroatoms. The second-order valence-electron chi connectivity index (χ2n) is 7.60. The van der Waals surface area contributed by atoms with Crippen LogP contribution in [0, 0.1) is 5.92 Å². The third-order valence-corrected chi connectivity index (χ3v) is 5.60. The first-order valence-corrected chi connectivity index (χ1v) is 10.1. The van der Waals surface area contributed by atoms with Gasteiger partial charge in [-0.05, 0) is 51.2 Å². The number of nitrogens with one attached hydrogen (secondary N) is 1. The minimum Gasteiger partial charge on any atom is -0.455 e. The van der Waals surface area contributed by atoms with E-state index in [2.05, 4.69) is 5.32 Å². The molecule has 28 heavy (non-hydrogen) atoms. The fourth-order valence-electron chi connectivity index (χ4n) is 3.84. The van der Waals surface area contributed by atoms with Gasteiger partial charge in [-0.3, -0.25) is 9.59 Å². The molecule has 2 fully saturated rings. The number of benzene rings is 1. The Labute approximate surface area is 166 Å². The molecule has 3 rings (SSSR count). The molecule has 7 nitrogen and oxygen atoms in total. The number of carbonyl (C=O) groups is 3. The largest absolute Gasteiger partial charge is 0.455 e. The van der Waals surface area contributed by atoms with E-state index in [9.17, 15) is 14.4 Å². The SMILES string of the molecule is CC1CCCCN1C(=O)COC(=O)C1CCN(C(=O)Nc2ccccc2)CC1. The lowest BCUT2D eigenvalue weighted by molar-refractivity contribution is -0.157. The second kappa shape index (κ2) is 9.57. The van der Waals surface area contributed by atoms with E-state index in [0.717, 1.165) is 31.5 Å². The number of nitrogens with zero attached hydrogens (tertiary/aromatic N) is 2.